The second kappa shape index (κ2) is 4.49. The number of benzene rings is 2. The fourth-order valence-electron chi connectivity index (χ4n) is 2.01. The third kappa shape index (κ3) is 2.04. The smallest absolute Gasteiger partial charge is 0.275 e. The molecule has 1 aliphatic heterocycles. The molecule has 1 aliphatic rings. The Morgan fingerprint density at radius 2 is 1.89 bits per heavy atom. The van der Waals surface area contributed by atoms with Crippen LogP contribution in [0, 0.1) is 0 Å². The van der Waals surface area contributed by atoms with Gasteiger partial charge in [0.05, 0.1) is 11.4 Å². The average Bonchev–Trinajstić information content (AvgIpc) is 2.76. The van der Waals surface area contributed by atoms with Gasteiger partial charge in [-0.15, -0.1) is 0 Å². The molecule has 1 amide bonds. The van der Waals surface area contributed by atoms with Gasteiger partial charge >= 0.3 is 0 Å². The fraction of sp³-hybridized carbons (Fsp3) is 0. The number of para-hydroxylation sites is 1. The van der Waals surface area contributed by atoms with Gasteiger partial charge in [0, 0.05) is 11.1 Å². The number of carbonyl (C=O) groups excluding carboxylic acids is 2. The Morgan fingerprint density at radius 3 is 2.74 bits per heavy atom. The highest BCUT2D eigenvalue weighted by Gasteiger charge is 2.25. The van der Waals surface area contributed by atoms with E-state index in [0.29, 0.717) is 17.0 Å². The zero-order chi connectivity index (χ0) is 13.2. The van der Waals surface area contributed by atoms with Gasteiger partial charge in [-0.1, -0.05) is 30.3 Å². The molecule has 2 aromatic carbocycles. The molecule has 0 atom stereocenters. The number of aliphatic imine (C=N–C) groups is 1. The normalized spacial score (nSPS) is 15.2. The molecule has 19 heavy (non-hydrogen) atoms. The number of fused-ring (bicyclic) bond motifs is 1. The minimum absolute atomic E-state index is 0.224. The highest BCUT2D eigenvalue weighted by Crippen LogP contribution is 2.25. The molecule has 0 saturated carbocycles. The van der Waals surface area contributed by atoms with Crippen molar-refractivity contribution in [3.63, 3.8) is 0 Å². The average molecular weight is 250 g/mol. The summed E-state index contributed by atoms with van der Waals surface area (Å²) in [5, 5.41) is 2.76. The summed E-state index contributed by atoms with van der Waals surface area (Å²) < 4.78 is 0. The Balaban J connectivity index is 2.08. The SMILES string of the molecule is O=Cc1cccc(N=C2C(=O)Nc3ccccc32)c1. The molecular formula is C15H10N2O2. The maximum atomic E-state index is 11.9. The first kappa shape index (κ1) is 11.3. The van der Waals surface area contributed by atoms with Gasteiger partial charge in [-0.25, -0.2) is 4.99 Å². The number of rotatable bonds is 2. The second-order valence-corrected chi connectivity index (χ2v) is 4.17. The van der Waals surface area contributed by atoms with Gasteiger partial charge in [0.15, 0.2) is 0 Å². The molecule has 0 aliphatic carbocycles. The molecule has 0 radical (unpaired) electrons. The van der Waals surface area contributed by atoms with E-state index in [9.17, 15) is 9.59 Å². The Labute approximate surface area is 109 Å². The lowest BCUT2D eigenvalue weighted by molar-refractivity contribution is -0.110. The first-order valence-corrected chi connectivity index (χ1v) is 5.82. The highest BCUT2D eigenvalue weighted by atomic mass is 16.2. The van der Waals surface area contributed by atoms with Crippen LogP contribution in [0.3, 0.4) is 0 Å². The summed E-state index contributed by atoms with van der Waals surface area (Å²) in [5.41, 5.74) is 3.04. The first-order valence-electron chi connectivity index (χ1n) is 5.82. The number of hydrogen-bond donors (Lipinski definition) is 1. The maximum Gasteiger partial charge on any atom is 0.275 e. The molecule has 2 aromatic rings. The predicted octanol–water partition coefficient (Wildman–Crippen LogP) is 2.57. The van der Waals surface area contributed by atoms with Crippen LogP contribution in [0.1, 0.15) is 15.9 Å². The topological polar surface area (TPSA) is 58.5 Å². The zero-order valence-electron chi connectivity index (χ0n) is 9.96. The molecule has 0 bridgehead atoms. The van der Waals surface area contributed by atoms with Gasteiger partial charge < -0.3 is 5.32 Å². The Bertz CT molecular complexity index is 705. The van der Waals surface area contributed by atoms with Crippen LogP contribution in [0.4, 0.5) is 11.4 Å². The number of hydrogen-bond acceptors (Lipinski definition) is 3. The number of amides is 1. The monoisotopic (exact) mass is 250 g/mol. The summed E-state index contributed by atoms with van der Waals surface area (Å²) in [6.45, 7) is 0. The molecule has 3 rings (SSSR count). The molecule has 0 fully saturated rings. The lowest BCUT2D eigenvalue weighted by Crippen LogP contribution is -2.13. The van der Waals surface area contributed by atoms with Crippen molar-refractivity contribution in [1.82, 2.24) is 0 Å². The van der Waals surface area contributed by atoms with E-state index in [1.165, 1.54) is 0 Å². The van der Waals surface area contributed by atoms with Crippen molar-refractivity contribution < 1.29 is 9.59 Å². The maximum absolute atomic E-state index is 11.9. The Morgan fingerprint density at radius 1 is 1.05 bits per heavy atom. The lowest BCUT2D eigenvalue weighted by Gasteiger charge is -1.98. The first-order chi connectivity index (χ1) is 9.28. The van der Waals surface area contributed by atoms with E-state index in [4.69, 9.17) is 0 Å². The van der Waals surface area contributed by atoms with Crippen molar-refractivity contribution in [3.8, 4) is 0 Å². The molecule has 1 heterocycles. The fourth-order valence-corrected chi connectivity index (χ4v) is 2.01. The minimum Gasteiger partial charge on any atom is -0.320 e. The summed E-state index contributed by atoms with van der Waals surface area (Å²) in [4.78, 5) is 26.9. The van der Waals surface area contributed by atoms with Crippen molar-refractivity contribution in [1.29, 1.82) is 0 Å². The summed E-state index contributed by atoms with van der Waals surface area (Å²) >= 11 is 0. The van der Waals surface area contributed by atoms with E-state index in [-0.39, 0.29) is 5.91 Å². The van der Waals surface area contributed by atoms with Crippen molar-refractivity contribution >= 4 is 29.3 Å². The second-order valence-electron chi connectivity index (χ2n) is 4.17. The quantitative estimate of drug-likeness (QED) is 0.833. The van der Waals surface area contributed by atoms with Crippen molar-refractivity contribution in [2.24, 2.45) is 4.99 Å². The number of anilines is 1. The van der Waals surface area contributed by atoms with Gasteiger partial charge in [0.1, 0.15) is 12.0 Å². The third-order valence-corrected chi connectivity index (χ3v) is 2.89. The van der Waals surface area contributed by atoms with Crippen molar-refractivity contribution in [2.75, 3.05) is 5.32 Å². The number of nitrogens with one attached hydrogen (secondary N) is 1. The highest BCUT2D eigenvalue weighted by molar-refractivity contribution is 6.54. The predicted molar refractivity (Wildman–Crippen MR) is 73.1 cm³/mol. The van der Waals surface area contributed by atoms with Gasteiger partial charge in [-0.3, -0.25) is 9.59 Å². The van der Waals surface area contributed by atoms with Gasteiger partial charge in [-0.2, -0.15) is 0 Å². The van der Waals surface area contributed by atoms with Crippen molar-refractivity contribution in [2.45, 2.75) is 0 Å². The molecule has 4 nitrogen and oxygen atoms in total. The molecule has 0 spiro atoms. The standard InChI is InChI=1S/C15H10N2O2/c18-9-10-4-3-5-11(8-10)16-14-12-6-1-2-7-13(12)17-15(14)19/h1-9H,(H,16,17,19). The van der Waals surface area contributed by atoms with E-state index < -0.39 is 0 Å². The molecule has 4 heteroatoms. The Hall–Kier alpha value is -2.75. The summed E-state index contributed by atoms with van der Waals surface area (Å²) in [7, 11) is 0. The number of nitrogens with zero attached hydrogens (tertiary/aromatic N) is 1. The van der Waals surface area contributed by atoms with E-state index in [2.05, 4.69) is 10.3 Å². The lowest BCUT2D eigenvalue weighted by atomic mass is 10.1. The number of carbonyl (C=O) groups is 2. The van der Waals surface area contributed by atoms with Crippen LogP contribution < -0.4 is 5.32 Å². The van der Waals surface area contributed by atoms with Crippen LogP contribution in [-0.4, -0.2) is 17.9 Å². The summed E-state index contributed by atoms with van der Waals surface area (Å²) in [6, 6.07) is 14.2. The molecule has 0 saturated heterocycles. The van der Waals surface area contributed by atoms with E-state index in [0.717, 1.165) is 17.5 Å². The minimum atomic E-state index is -0.224. The Kier molecular flexibility index (Phi) is 2.68. The van der Waals surface area contributed by atoms with Gasteiger partial charge in [-0.05, 0) is 18.2 Å². The molecule has 0 aromatic heterocycles. The third-order valence-electron chi connectivity index (χ3n) is 2.89. The van der Waals surface area contributed by atoms with Crippen LogP contribution in [0.25, 0.3) is 0 Å². The van der Waals surface area contributed by atoms with Crippen LogP contribution in [0.15, 0.2) is 53.5 Å². The van der Waals surface area contributed by atoms with E-state index >= 15 is 0 Å². The largest absolute Gasteiger partial charge is 0.320 e. The zero-order valence-corrected chi connectivity index (χ0v) is 9.96. The summed E-state index contributed by atoms with van der Waals surface area (Å²) in [5.74, 6) is -0.224. The van der Waals surface area contributed by atoms with Gasteiger partial charge in [0.25, 0.3) is 5.91 Å². The number of aldehydes is 1. The van der Waals surface area contributed by atoms with E-state index in [1.807, 2.05) is 24.3 Å². The molecular weight excluding hydrogens is 240 g/mol. The van der Waals surface area contributed by atoms with Crippen molar-refractivity contribution in [3.05, 3.63) is 59.7 Å². The van der Waals surface area contributed by atoms with Crippen LogP contribution in [0.5, 0.6) is 0 Å². The molecule has 1 N–H and O–H groups in total. The van der Waals surface area contributed by atoms with Crippen LogP contribution >= 0.6 is 0 Å². The van der Waals surface area contributed by atoms with E-state index in [1.54, 1.807) is 24.3 Å². The molecule has 92 valence electrons. The van der Waals surface area contributed by atoms with Gasteiger partial charge in [0.2, 0.25) is 0 Å². The van der Waals surface area contributed by atoms with Crippen LogP contribution in [0.2, 0.25) is 0 Å². The summed E-state index contributed by atoms with van der Waals surface area (Å²) in [6.07, 6.45) is 0.756. The molecule has 0 unspecified atom stereocenters. The van der Waals surface area contributed by atoms with Crippen LogP contribution in [-0.2, 0) is 4.79 Å².